The molecule has 158 valence electrons. The molecule has 7 nitrogen and oxygen atoms in total. The molecule has 0 unspecified atom stereocenters. The van der Waals surface area contributed by atoms with E-state index in [1.807, 2.05) is 24.3 Å². The highest BCUT2D eigenvalue weighted by molar-refractivity contribution is 7.17. The summed E-state index contributed by atoms with van der Waals surface area (Å²) >= 11 is 1.34. The zero-order valence-electron chi connectivity index (χ0n) is 16.5. The molecule has 0 fully saturated rings. The van der Waals surface area contributed by atoms with Crippen molar-refractivity contribution >= 4 is 28.9 Å². The van der Waals surface area contributed by atoms with Crippen LogP contribution in [0.1, 0.15) is 21.7 Å². The fraction of sp³-hybridized carbons (Fsp3) is 0.217. The minimum absolute atomic E-state index is 0.386. The zero-order chi connectivity index (χ0) is 21.2. The van der Waals surface area contributed by atoms with Gasteiger partial charge in [0.1, 0.15) is 17.2 Å². The second-order valence-corrected chi connectivity index (χ2v) is 8.14. The van der Waals surface area contributed by atoms with E-state index in [0.717, 1.165) is 28.2 Å². The monoisotopic (exact) mass is 437 g/mol. The summed E-state index contributed by atoms with van der Waals surface area (Å²) in [4.78, 5) is 26.2. The lowest BCUT2D eigenvalue weighted by Crippen LogP contribution is -2.20. The first-order chi connectivity index (χ1) is 15.2. The van der Waals surface area contributed by atoms with E-state index in [4.69, 9.17) is 18.9 Å². The number of thiophene rings is 1. The molecule has 0 radical (unpaired) electrons. The summed E-state index contributed by atoms with van der Waals surface area (Å²) in [6.07, 6.45) is 0.802. The Bertz CT molecular complexity index is 1150. The molecule has 0 saturated heterocycles. The fourth-order valence-electron chi connectivity index (χ4n) is 3.44. The quantitative estimate of drug-likeness (QED) is 0.614. The van der Waals surface area contributed by atoms with Gasteiger partial charge in [-0.1, -0.05) is 12.1 Å². The molecule has 31 heavy (non-hydrogen) atoms. The maximum Gasteiger partial charge on any atom is 0.348 e. The second kappa shape index (κ2) is 8.31. The second-order valence-electron chi connectivity index (χ2n) is 7.09. The lowest BCUT2D eigenvalue weighted by atomic mass is 10.1. The minimum Gasteiger partial charge on any atom is -0.490 e. The molecule has 5 rings (SSSR count). The third-order valence-electron chi connectivity index (χ3n) is 4.89. The van der Waals surface area contributed by atoms with E-state index in [1.54, 1.807) is 24.3 Å². The maximum atomic E-state index is 12.5. The average Bonchev–Trinajstić information content (AvgIpc) is 3.10. The van der Waals surface area contributed by atoms with Crippen LogP contribution in [0.25, 0.3) is 10.4 Å². The number of hydrogen-bond donors (Lipinski definition) is 1. The molecule has 2 aliphatic rings. The third kappa shape index (κ3) is 4.06. The van der Waals surface area contributed by atoms with Crippen molar-refractivity contribution in [3.05, 3.63) is 59.0 Å². The predicted molar refractivity (Wildman–Crippen MR) is 115 cm³/mol. The van der Waals surface area contributed by atoms with Crippen LogP contribution < -0.4 is 19.5 Å². The van der Waals surface area contributed by atoms with Crippen molar-refractivity contribution in [3.8, 4) is 27.7 Å². The first kappa shape index (κ1) is 19.4. The molecule has 0 saturated carbocycles. The number of rotatable bonds is 4. The van der Waals surface area contributed by atoms with Crippen LogP contribution >= 0.6 is 11.3 Å². The number of amides is 1. The summed E-state index contributed by atoms with van der Waals surface area (Å²) in [6.45, 7) is 1.17. The summed E-state index contributed by atoms with van der Waals surface area (Å²) in [5, 5.41) is 2.71. The first-order valence-corrected chi connectivity index (χ1v) is 10.7. The van der Waals surface area contributed by atoms with E-state index in [-0.39, 0.29) is 6.61 Å². The molecule has 3 aromatic rings. The van der Waals surface area contributed by atoms with Gasteiger partial charge >= 0.3 is 5.97 Å². The molecule has 1 amide bonds. The summed E-state index contributed by atoms with van der Waals surface area (Å²) < 4.78 is 22.1. The van der Waals surface area contributed by atoms with Crippen molar-refractivity contribution in [1.29, 1.82) is 0 Å². The Hall–Kier alpha value is -3.52. The van der Waals surface area contributed by atoms with Gasteiger partial charge in [0, 0.05) is 34.2 Å². The minimum atomic E-state index is -0.536. The number of esters is 1. The Labute approximate surface area is 182 Å². The number of anilines is 1. The van der Waals surface area contributed by atoms with Gasteiger partial charge in [-0.25, -0.2) is 4.79 Å². The summed E-state index contributed by atoms with van der Waals surface area (Å²) in [5.74, 6) is 1.06. The highest BCUT2D eigenvalue weighted by Crippen LogP contribution is 2.42. The van der Waals surface area contributed by atoms with Gasteiger partial charge in [-0.05, 0) is 30.3 Å². The van der Waals surface area contributed by atoms with Crippen molar-refractivity contribution in [2.24, 2.45) is 0 Å². The Morgan fingerprint density at radius 3 is 2.71 bits per heavy atom. The number of carbonyl (C=O) groups is 2. The van der Waals surface area contributed by atoms with Crippen LogP contribution in [0, 0.1) is 0 Å². The molecular weight excluding hydrogens is 418 g/mol. The van der Waals surface area contributed by atoms with Crippen LogP contribution in [0.3, 0.4) is 0 Å². The summed E-state index contributed by atoms with van der Waals surface area (Å²) in [7, 11) is 0. The number of ether oxygens (including phenoxy) is 4. The summed E-state index contributed by atoms with van der Waals surface area (Å²) in [5.41, 5.74) is 2.44. The molecule has 3 heterocycles. The van der Waals surface area contributed by atoms with Crippen LogP contribution in [0.5, 0.6) is 17.2 Å². The molecule has 0 spiro atoms. The molecular formula is C23H19NO6S. The van der Waals surface area contributed by atoms with E-state index in [2.05, 4.69) is 5.32 Å². The van der Waals surface area contributed by atoms with Crippen LogP contribution in [0.2, 0.25) is 0 Å². The van der Waals surface area contributed by atoms with Gasteiger partial charge in [-0.2, -0.15) is 0 Å². The van der Waals surface area contributed by atoms with Crippen LogP contribution in [-0.4, -0.2) is 31.7 Å². The van der Waals surface area contributed by atoms with Crippen LogP contribution in [0.15, 0.2) is 48.5 Å². The van der Waals surface area contributed by atoms with E-state index in [0.29, 0.717) is 41.9 Å². The van der Waals surface area contributed by atoms with Crippen molar-refractivity contribution < 1.29 is 28.5 Å². The van der Waals surface area contributed by atoms with Crippen molar-refractivity contribution in [3.63, 3.8) is 0 Å². The van der Waals surface area contributed by atoms with E-state index in [9.17, 15) is 9.59 Å². The zero-order valence-corrected chi connectivity index (χ0v) is 17.3. The Balaban J connectivity index is 1.21. The standard InChI is InChI=1S/C23H19NO6S/c25-21(24-15-6-7-18-19(11-15)28-9-3-8-27-18)13-30-23(26)20-10-14-12-29-17-5-2-1-4-16(17)22(14)31-20/h1-2,4-7,10-11H,3,8-9,12-13H2,(H,24,25). The fourth-order valence-corrected chi connectivity index (χ4v) is 4.53. The maximum absolute atomic E-state index is 12.5. The molecule has 1 N–H and O–H groups in total. The number of benzene rings is 2. The SMILES string of the molecule is O=C(COC(=O)c1cc2c(s1)-c1ccccc1OC2)Nc1ccc2c(c1)OCCCO2. The molecule has 1 aromatic heterocycles. The lowest BCUT2D eigenvalue weighted by molar-refractivity contribution is -0.119. The molecule has 2 aliphatic heterocycles. The molecule has 0 atom stereocenters. The van der Waals surface area contributed by atoms with Gasteiger partial charge in [0.05, 0.1) is 13.2 Å². The smallest absolute Gasteiger partial charge is 0.348 e. The molecule has 0 bridgehead atoms. The van der Waals surface area contributed by atoms with Gasteiger partial charge in [0.25, 0.3) is 5.91 Å². The molecule has 8 heteroatoms. The van der Waals surface area contributed by atoms with Crippen LogP contribution in [0.4, 0.5) is 5.69 Å². The van der Waals surface area contributed by atoms with Crippen molar-refractivity contribution in [2.75, 3.05) is 25.1 Å². The van der Waals surface area contributed by atoms with Crippen LogP contribution in [-0.2, 0) is 16.1 Å². The number of fused-ring (bicyclic) bond motifs is 4. The van der Waals surface area contributed by atoms with Crippen molar-refractivity contribution in [2.45, 2.75) is 13.0 Å². The number of hydrogen-bond acceptors (Lipinski definition) is 7. The molecule has 0 aliphatic carbocycles. The average molecular weight is 437 g/mol. The Kier molecular flexibility index (Phi) is 5.21. The largest absolute Gasteiger partial charge is 0.490 e. The highest BCUT2D eigenvalue weighted by Gasteiger charge is 2.23. The highest BCUT2D eigenvalue weighted by atomic mass is 32.1. The third-order valence-corrected chi connectivity index (χ3v) is 6.08. The summed E-state index contributed by atoms with van der Waals surface area (Å²) in [6, 6.07) is 14.6. The topological polar surface area (TPSA) is 83.1 Å². The first-order valence-electron chi connectivity index (χ1n) is 9.89. The van der Waals surface area contributed by atoms with E-state index >= 15 is 0 Å². The number of carbonyl (C=O) groups excluding carboxylic acids is 2. The van der Waals surface area contributed by atoms with Crippen molar-refractivity contribution in [1.82, 2.24) is 0 Å². The normalized spacial score (nSPS) is 13.8. The predicted octanol–water partition coefficient (Wildman–Crippen LogP) is 4.26. The van der Waals surface area contributed by atoms with Gasteiger partial charge in [0.15, 0.2) is 18.1 Å². The number of nitrogens with one attached hydrogen (secondary N) is 1. The van der Waals surface area contributed by atoms with E-state index in [1.165, 1.54) is 11.3 Å². The van der Waals surface area contributed by atoms with Gasteiger partial charge in [-0.15, -0.1) is 11.3 Å². The lowest BCUT2D eigenvalue weighted by Gasteiger charge is -2.16. The van der Waals surface area contributed by atoms with Gasteiger partial charge in [0.2, 0.25) is 0 Å². The Morgan fingerprint density at radius 2 is 1.81 bits per heavy atom. The van der Waals surface area contributed by atoms with Gasteiger partial charge in [-0.3, -0.25) is 4.79 Å². The van der Waals surface area contributed by atoms with Gasteiger partial charge < -0.3 is 24.3 Å². The Morgan fingerprint density at radius 1 is 0.968 bits per heavy atom. The van der Waals surface area contributed by atoms with E-state index < -0.39 is 11.9 Å². The molecule has 2 aromatic carbocycles. The number of para-hydroxylation sites is 1.